The SMILES string of the molecule is CP(OCS)OCCC#N. The van der Waals surface area contributed by atoms with Crippen molar-refractivity contribution in [1.29, 1.82) is 5.26 Å². The van der Waals surface area contributed by atoms with E-state index in [4.69, 9.17) is 14.3 Å². The maximum atomic E-state index is 8.13. The molecule has 0 aromatic rings. The second kappa shape index (κ2) is 7.30. The molecule has 0 aliphatic heterocycles. The maximum absolute atomic E-state index is 8.13. The molecule has 0 saturated heterocycles. The topological polar surface area (TPSA) is 42.2 Å². The Morgan fingerprint density at radius 1 is 1.60 bits per heavy atom. The number of hydrogen-bond donors (Lipinski definition) is 1. The highest BCUT2D eigenvalue weighted by Crippen LogP contribution is 2.33. The van der Waals surface area contributed by atoms with Crippen LogP contribution < -0.4 is 0 Å². The van der Waals surface area contributed by atoms with Crippen LogP contribution in [0, 0.1) is 11.3 Å². The molecule has 10 heavy (non-hydrogen) atoms. The van der Waals surface area contributed by atoms with E-state index in [0.29, 0.717) is 19.0 Å². The van der Waals surface area contributed by atoms with E-state index in [2.05, 4.69) is 12.6 Å². The minimum Gasteiger partial charge on any atom is -0.333 e. The fraction of sp³-hybridized carbons (Fsp3) is 0.800. The number of nitrogens with zero attached hydrogens (tertiary/aromatic N) is 1. The molecule has 5 heteroatoms. The third-order valence-corrected chi connectivity index (χ3v) is 2.10. The second-order valence-corrected chi connectivity index (χ2v) is 3.09. The van der Waals surface area contributed by atoms with E-state index in [1.807, 2.05) is 12.7 Å². The summed E-state index contributed by atoms with van der Waals surface area (Å²) >= 11 is 3.85. The summed E-state index contributed by atoms with van der Waals surface area (Å²) < 4.78 is 10.1. The molecule has 0 saturated carbocycles. The van der Waals surface area contributed by atoms with Crippen LogP contribution in [0.25, 0.3) is 0 Å². The molecular weight excluding hydrogens is 169 g/mol. The highest BCUT2D eigenvalue weighted by Gasteiger charge is 1.99. The fourth-order valence-electron chi connectivity index (χ4n) is 0.338. The molecule has 0 aromatic carbocycles. The lowest BCUT2D eigenvalue weighted by atomic mass is 10.5. The van der Waals surface area contributed by atoms with Crippen LogP contribution in [0.5, 0.6) is 0 Å². The van der Waals surface area contributed by atoms with Crippen LogP contribution in [0.15, 0.2) is 0 Å². The third-order valence-electron chi connectivity index (χ3n) is 0.726. The van der Waals surface area contributed by atoms with Gasteiger partial charge in [-0.15, -0.1) is 0 Å². The van der Waals surface area contributed by atoms with Gasteiger partial charge in [-0.2, -0.15) is 17.9 Å². The summed E-state index contributed by atoms with van der Waals surface area (Å²) in [7, 11) is -0.820. The Balaban J connectivity index is 3.06. The summed E-state index contributed by atoms with van der Waals surface area (Å²) in [5, 5.41) is 8.13. The van der Waals surface area contributed by atoms with Gasteiger partial charge in [0.15, 0.2) is 8.38 Å². The smallest absolute Gasteiger partial charge is 0.167 e. The maximum Gasteiger partial charge on any atom is 0.167 e. The van der Waals surface area contributed by atoms with Crippen LogP contribution in [0.2, 0.25) is 0 Å². The average molecular weight is 179 g/mol. The Morgan fingerprint density at radius 3 is 2.80 bits per heavy atom. The van der Waals surface area contributed by atoms with Gasteiger partial charge in [-0.25, -0.2) is 0 Å². The minimum absolute atomic E-state index is 0.370. The summed E-state index contributed by atoms with van der Waals surface area (Å²) in [6.45, 7) is 2.29. The monoisotopic (exact) mass is 179 g/mol. The molecular formula is C5H10NO2PS. The predicted octanol–water partition coefficient (Wildman–Crippen LogP) is 1.76. The summed E-state index contributed by atoms with van der Waals surface area (Å²) in [5.74, 6) is 0.370. The number of thiol groups is 1. The predicted molar refractivity (Wildman–Crippen MR) is 44.0 cm³/mol. The first-order valence-corrected chi connectivity index (χ1v) is 5.04. The first-order valence-electron chi connectivity index (χ1n) is 2.78. The first kappa shape index (κ1) is 10.2. The summed E-state index contributed by atoms with van der Waals surface area (Å²) in [5.41, 5.74) is 0. The van der Waals surface area contributed by atoms with Crippen LogP contribution >= 0.6 is 21.0 Å². The van der Waals surface area contributed by atoms with Crippen LogP contribution in [-0.4, -0.2) is 19.2 Å². The lowest BCUT2D eigenvalue weighted by Crippen LogP contribution is -1.89. The normalized spacial score (nSPS) is 12.5. The van der Waals surface area contributed by atoms with Gasteiger partial charge in [0.25, 0.3) is 0 Å². The zero-order chi connectivity index (χ0) is 7.82. The largest absolute Gasteiger partial charge is 0.333 e. The molecule has 0 aromatic heterocycles. The van der Waals surface area contributed by atoms with E-state index in [1.165, 1.54) is 0 Å². The van der Waals surface area contributed by atoms with E-state index >= 15 is 0 Å². The van der Waals surface area contributed by atoms with Gasteiger partial charge in [-0.1, -0.05) is 0 Å². The van der Waals surface area contributed by atoms with Crippen molar-refractivity contribution in [2.24, 2.45) is 0 Å². The van der Waals surface area contributed by atoms with Crippen molar-refractivity contribution in [3.8, 4) is 6.07 Å². The number of hydrogen-bond acceptors (Lipinski definition) is 4. The Morgan fingerprint density at radius 2 is 2.30 bits per heavy atom. The molecule has 0 fully saturated rings. The molecule has 0 bridgehead atoms. The molecule has 0 heterocycles. The van der Waals surface area contributed by atoms with Crippen molar-refractivity contribution in [3.05, 3.63) is 0 Å². The zero-order valence-corrected chi connectivity index (χ0v) is 7.57. The average Bonchev–Trinajstić information content (AvgIpc) is 1.89. The minimum atomic E-state index is -0.820. The van der Waals surface area contributed by atoms with Crippen molar-refractivity contribution in [2.75, 3.05) is 19.2 Å². The van der Waals surface area contributed by atoms with Gasteiger partial charge in [0.2, 0.25) is 0 Å². The van der Waals surface area contributed by atoms with Gasteiger partial charge in [-0.05, 0) is 0 Å². The molecule has 58 valence electrons. The standard InChI is InChI=1S/C5H10NO2PS/c1-9(8-5-10)7-4-2-3-6/h10H,2,4-5H2,1H3. The van der Waals surface area contributed by atoms with E-state index in [0.717, 1.165) is 0 Å². The van der Waals surface area contributed by atoms with E-state index in [9.17, 15) is 0 Å². The third kappa shape index (κ3) is 6.31. The van der Waals surface area contributed by atoms with Gasteiger partial charge >= 0.3 is 0 Å². The van der Waals surface area contributed by atoms with Gasteiger partial charge in [-0.3, -0.25) is 0 Å². The summed E-state index contributed by atoms with van der Waals surface area (Å²) in [6, 6.07) is 1.98. The van der Waals surface area contributed by atoms with Gasteiger partial charge < -0.3 is 9.05 Å². The summed E-state index contributed by atoms with van der Waals surface area (Å²) in [6.07, 6.45) is 0.419. The Kier molecular flexibility index (Phi) is 7.44. The quantitative estimate of drug-likeness (QED) is 0.302. The van der Waals surface area contributed by atoms with Crippen molar-refractivity contribution in [1.82, 2.24) is 0 Å². The van der Waals surface area contributed by atoms with Crippen LogP contribution in [-0.2, 0) is 9.05 Å². The van der Waals surface area contributed by atoms with Crippen LogP contribution in [0.4, 0.5) is 0 Å². The molecule has 0 amide bonds. The van der Waals surface area contributed by atoms with Crippen molar-refractivity contribution in [2.45, 2.75) is 6.42 Å². The highest BCUT2D eigenvalue weighted by atomic mass is 32.1. The van der Waals surface area contributed by atoms with Gasteiger partial charge in [0.1, 0.15) is 0 Å². The van der Waals surface area contributed by atoms with Crippen molar-refractivity contribution in [3.63, 3.8) is 0 Å². The lowest BCUT2D eigenvalue weighted by Gasteiger charge is -2.08. The second-order valence-electron chi connectivity index (χ2n) is 1.44. The van der Waals surface area contributed by atoms with Crippen molar-refractivity contribution < 1.29 is 9.05 Å². The molecule has 3 nitrogen and oxygen atoms in total. The number of rotatable bonds is 5. The van der Waals surface area contributed by atoms with E-state index in [-0.39, 0.29) is 0 Å². The number of nitriles is 1. The molecule has 0 aliphatic carbocycles. The molecule has 0 radical (unpaired) electrons. The summed E-state index contributed by atoms with van der Waals surface area (Å²) in [4.78, 5) is 0. The molecule has 1 atom stereocenters. The van der Waals surface area contributed by atoms with Gasteiger partial charge in [0, 0.05) is 6.66 Å². The molecule has 1 unspecified atom stereocenters. The zero-order valence-electron chi connectivity index (χ0n) is 5.78. The molecule has 0 rings (SSSR count). The Labute approximate surface area is 67.6 Å². The lowest BCUT2D eigenvalue weighted by molar-refractivity contribution is 0.288. The Hall–Kier alpha value is 0.190. The van der Waals surface area contributed by atoms with Gasteiger partial charge in [0.05, 0.1) is 25.0 Å². The molecule has 0 aliphatic rings. The fourth-order valence-corrected chi connectivity index (χ4v) is 1.41. The first-order chi connectivity index (χ1) is 4.81. The van der Waals surface area contributed by atoms with Crippen LogP contribution in [0.3, 0.4) is 0 Å². The molecule has 0 spiro atoms. The van der Waals surface area contributed by atoms with Crippen LogP contribution in [0.1, 0.15) is 6.42 Å². The van der Waals surface area contributed by atoms with E-state index < -0.39 is 8.38 Å². The highest BCUT2D eigenvalue weighted by molar-refractivity contribution is 7.80. The van der Waals surface area contributed by atoms with Crippen molar-refractivity contribution >= 4 is 21.0 Å². The molecule has 0 N–H and O–H groups in total. The van der Waals surface area contributed by atoms with E-state index in [1.54, 1.807) is 0 Å². The Bertz CT molecular complexity index is 117.